The molecule has 1 saturated carbocycles. The molecule has 1 N–H and O–H groups in total. The summed E-state index contributed by atoms with van der Waals surface area (Å²) in [5.74, 6) is 0. The summed E-state index contributed by atoms with van der Waals surface area (Å²) in [5.41, 5.74) is 0.816. The minimum atomic E-state index is -3.34. The molecule has 2 rings (SSSR count). The predicted molar refractivity (Wildman–Crippen MR) is 74.8 cm³/mol. The highest BCUT2D eigenvalue weighted by Crippen LogP contribution is 2.18. The average Bonchev–Trinajstić information content (AvgIpc) is 2.80. The van der Waals surface area contributed by atoms with Gasteiger partial charge in [0.2, 0.25) is 10.0 Å². The van der Waals surface area contributed by atoms with E-state index in [9.17, 15) is 8.42 Å². The topological polar surface area (TPSA) is 46.2 Å². The summed E-state index contributed by atoms with van der Waals surface area (Å²) in [5, 5.41) is 1.85. The summed E-state index contributed by atoms with van der Waals surface area (Å²) in [4.78, 5) is 0. The lowest BCUT2D eigenvalue weighted by Gasteiger charge is -2.09. The molecule has 1 aromatic rings. The fourth-order valence-corrected chi connectivity index (χ4v) is 3.30. The van der Waals surface area contributed by atoms with Crippen molar-refractivity contribution in [1.82, 2.24) is 4.72 Å². The van der Waals surface area contributed by atoms with Gasteiger partial charge >= 0.3 is 0 Å². The Hall–Kier alpha value is -0.840. The number of sulfonamides is 1. The van der Waals surface area contributed by atoms with E-state index in [-0.39, 0.29) is 6.04 Å². The van der Waals surface area contributed by atoms with Crippen molar-refractivity contribution in [3.63, 3.8) is 0 Å². The summed E-state index contributed by atoms with van der Waals surface area (Å²) >= 11 is 5.76. The molecule has 1 aliphatic rings. The highest BCUT2D eigenvalue weighted by molar-refractivity contribution is 7.92. The maximum Gasteiger partial charge on any atom is 0.233 e. The van der Waals surface area contributed by atoms with E-state index in [1.807, 2.05) is 0 Å². The molecular formula is C13H16ClNO2S. The summed E-state index contributed by atoms with van der Waals surface area (Å²) in [7, 11) is -3.34. The number of nitrogens with one attached hydrogen (secondary N) is 1. The molecular weight excluding hydrogens is 270 g/mol. The van der Waals surface area contributed by atoms with Crippen LogP contribution in [0.2, 0.25) is 5.02 Å². The molecule has 1 fully saturated rings. The molecule has 0 spiro atoms. The minimum Gasteiger partial charge on any atom is -0.209 e. The first-order valence-corrected chi connectivity index (χ1v) is 7.93. The normalized spacial score (nSPS) is 17.6. The molecule has 18 heavy (non-hydrogen) atoms. The van der Waals surface area contributed by atoms with Crippen LogP contribution in [0.4, 0.5) is 0 Å². The standard InChI is InChI=1S/C13H16ClNO2S/c14-12-7-5-11(6-8-12)9-10-18(16,17)15-13-3-1-2-4-13/h5-10,13,15H,1-4H2/b10-9+. The zero-order valence-corrected chi connectivity index (χ0v) is 11.5. The Morgan fingerprint density at radius 1 is 1.17 bits per heavy atom. The number of benzene rings is 1. The molecule has 0 bridgehead atoms. The van der Waals surface area contributed by atoms with Crippen LogP contribution in [0.5, 0.6) is 0 Å². The van der Waals surface area contributed by atoms with Gasteiger partial charge < -0.3 is 0 Å². The third-order valence-electron chi connectivity index (χ3n) is 3.00. The lowest BCUT2D eigenvalue weighted by atomic mass is 10.2. The van der Waals surface area contributed by atoms with Gasteiger partial charge in [0, 0.05) is 16.5 Å². The maximum atomic E-state index is 11.8. The maximum absolute atomic E-state index is 11.8. The van der Waals surface area contributed by atoms with Crippen molar-refractivity contribution in [3.8, 4) is 0 Å². The second kappa shape index (κ2) is 5.87. The van der Waals surface area contributed by atoms with Gasteiger partial charge in [-0.05, 0) is 36.6 Å². The van der Waals surface area contributed by atoms with Crippen LogP contribution in [0.3, 0.4) is 0 Å². The van der Waals surface area contributed by atoms with Crippen LogP contribution in [0.15, 0.2) is 29.7 Å². The molecule has 0 aromatic heterocycles. The van der Waals surface area contributed by atoms with Crippen LogP contribution in [-0.2, 0) is 10.0 Å². The number of hydrogen-bond acceptors (Lipinski definition) is 2. The fourth-order valence-electron chi connectivity index (χ4n) is 2.06. The van der Waals surface area contributed by atoms with E-state index in [1.165, 1.54) is 5.41 Å². The molecule has 0 saturated heterocycles. The number of hydrogen-bond donors (Lipinski definition) is 1. The Morgan fingerprint density at radius 3 is 2.39 bits per heavy atom. The first-order valence-electron chi connectivity index (χ1n) is 6.01. The summed E-state index contributed by atoms with van der Waals surface area (Å²) < 4.78 is 26.3. The van der Waals surface area contributed by atoms with E-state index in [2.05, 4.69) is 4.72 Å². The monoisotopic (exact) mass is 285 g/mol. The van der Waals surface area contributed by atoms with Crippen molar-refractivity contribution in [2.75, 3.05) is 0 Å². The van der Waals surface area contributed by atoms with Gasteiger partial charge in [0.05, 0.1) is 0 Å². The van der Waals surface area contributed by atoms with Crippen LogP contribution in [-0.4, -0.2) is 14.5 Å². The quantitative estimate of drug-likeness (QED) is 0.923. The zero-order chi connectivity index (χ0) is 13.0. The van der Waals surface area contributed by atoms with Gasteiger partial charge in [0.15, 0.2) is 0 Å². The molecule has 1 aliphatic carbocycles. The van der Waals surface area contributed by atoms with E-state index >= 15 is 0 Å². The molecule has 0 aliphatic heterocycles. The second-order valence-electron chi connectivity index (χ2n) is 4.50. The molecule has 98 valence electrons. The van der Waals surface area contributed by atoms with Gasteiger partial charge in [0.1, 0.15) is 0 Å². The van der Waals surface area contributed by atoms with Crippen molar-refractivity contribution in [1.29, 1.82) is 0 Å². The number of rotatable bonds is 4. The third kappa shape index (κ3) is 4.12. The first kappa shape index (κ1) is 13.6. The van der Waals surface area contributed by atoms with Crippen molar-refractivity contribution in [2.24, 2.45) is 0 Å². The van der Waals surface area contributed by atoms with Gasteiger partial charge in [-0.3, -0.25) is 0 Å². The SMILES string of the molecule is O=S(=O)(/C=C/c1ccc(Cl)cc1)NC1CCCC1. The van der Waals surface area contributed by atoms with Crippen LogP contribution < -0.4 is 4.72 Å². The molecule has 0 radical (unpaired) electrons. The Morgan fingerprint density at radius 2 is 1.78 bits per heavy atom. The van der Waals surface area contributed by atoms with Crippen LogP contribution >= 0.6 is 11.6 Å². The van der Waals surface area contributed by atoms with Gasteiger partial charge in [-0.15, -0.1) is 0 Å². The molecule has 0 heterocycles. The second-order valence-corrected chi connectivity index (χ2v) is 6.53. The Balaban J connectivity index is 2.00. The van der Waals surface area contributed by atoms with Gasteiger partial charge in [-0.1, -0.05) is 36.6 Å². The van der Waals surface area contributed by atoms with Gasteiger partial charge in [0.25, 0.3) is 0 Å². The van der Waals surface area contributed by atoms with Crippen molar-refractivity contribution in [3.05, 3.63) is 40.3 Å². The van der Waals surface area contributed by atoms with Crippen LogP contribution in [0.1, 0.15) is 31.2 Å². The molecule has 0 atom stereocenters. The Kier molecular flexibility index (Phi) is 4.43. The van der Waals surface area contributed by atoms with Gasteiger partial charge in [-0.2, -0.15) is 0 Å². The molecule has 3 nitrogen and oxygen atoms in total. The smallest absolute Gasteiger partial charge is 0.209 e. The van der Waals surface area contributed by atoms with Crippen LogP contribution in [0, 0.1) is 0 Å². The largest absolute Gasteiger partial charge is 0.233 e. The van der Waals surface area contributed by atoms with Crippen molar-refractivity contribution < 1.29 is 8.42 Å². The average molecular weight is 286 g/mol. The Labute approximate surface area is 113 Å². The lowest BCUT2D eigenvalue weighted by molar-refractivity contribution is 0.561. The number of halogens is 1. The van der Waals surface area contributed by atoms with Crippen molar-refractivity contribution in [2.45, 2.75) is 31.7 Å². The molecule has 0 unspecified atom stereocenters. The van der Waals surface area contributed by atoms with E-state index in [0.717, 1.165) is 31.2 Å². The van der Waals surface area contributed by atoms with E-state index in [4.69, 9.17) is 11.6 Å². The van der Waals surface area contributed by atoms with Crippen LogP contribution in [0.25, 0.3) is 6.08 Å². The van der Waals surface area contributed by atoms with E-state index < -0.39 is 10.0 Å². The predicted octanol–water partition coefficient (Wildman–Crippen LogP) is 3.17. The van der Waals surface area contributed by atoms with E-state index in [0.29, 0.717) is 5.02 Å². The third-order valence-corrected chi connectivity index (χ3v) is 4.40. The fraction of sp³-hybridized carbons (Fsp3) is 0.385. The Bertz CT molecular complexity index is 516. The molecule has 1 aromatic carbocycles. The van der Waals surface area contributed by atoms with Gasteiger partial charge in [-0.25, -0.2) is 13.1 Å². The molecule has 5 heteroatoms. The highest BCUT2D eigenvalue weighted by Gasteiger charge is 2.19. The summed E-state index contributed by atoms with van der Waals surface area (Å²) in [6, 6.07) is 7.13. The highest BCUT2D eigenvalue weighted by atomic mass is 35.5. The minimum absolute atomic E-state index is 0.102. The summed E-state index contributed by atoms with van der Waals surface area (Å²) in [6.45, 7) is 0. The first-order chi connectivity index (χ1) is 8.55. The summed E-state index contributed by atoms with van der Waals surface area (Å²) in [6.07, 6.45) is 5.66. The zero-order valence-electron chi connectivity index (χ0n) is 9.97. The lowest BCUT2D eigenvalue weighted by Crippen LogP contribution is -2.30. The van der Waals surface area contributed by atoms with E-state index in [1.54, 1.807) is 30.3 Å². The molecule has 0 amide bonds. The van der Waals surface area contributed by atoms with Crippen molar-refractivity contribution >= 4 is 27.7 Å².